The van der Waals surface area contributed by atoms with Crippen LogP contribution in [-0.2, 0) is 4.79 Å². The highest BCUT2D eigenvalue weighted by atomic mass is 32.1. The number of hydrogen-bond donors (Lipinski definition) is 0. The fourth-order valence-corrected chi connectivity index (χ4v) is 3.45. The molecular weight excluding hydrogens is 349 g/mol. The largest absolute Gasteiger partial charge is 0.308 e. The van der Waals surface area contributed by atoms with Crippen molar-refractivity contribution < 1.29 is 9.18 Å². The Labute approximate surface area is 156 Å². The van der Waals surface area contributed by atoms with Crippen LogP contribution in [0.2, 0.25) is 0 Å². The Bertz CT molecular complexity index is 921. The zero-order valence-electron chi connectivity index (χ0n) is 14.7. The molecule has 1 amide bonds. The zero-order chi connectivity index (χ0) is 18.5. The zero-order valence-corrected chi connectivity index (χ0v) is 15.5. The van der Waals surface area contributed by atoms with E-state index in [2.05, 4.69) is 4.98 Å². The molecule has 0 radical (unpaired) electrons. The van der Waals surface area contributed by atoms with E-state index in [1.165, 1.54) is 23.5 Å². The first-order valence-electron chi connectivity index (χ1n) is 8.29. The highest BCUT2D eigenvalue weighted by Gasteiger charge is 2.19. The van der Waals surface area contributed by atoms with Gasteiger partial charge in [-0.1, -0.05) is 47.7 Å². The molecular formula is C20H20FN3OS. The summed E-state index contributed by atoms with van der Waals surface area (Å²) in [7, 11) is 3.89. The van der Waals surface area contributed by atoms with Crippen LogP contribution >= 0.6 is 11.3 Å². The minimum absolute atomic E-state index is 0.171. The van der Waals surface area contributed by atoms with Crippen LogP contribution in [-0.4, -0.2) is 43.0 Å². The van der Waals surface area contributed by atoms with Crippen molar-refractivity contribution in [3.8, 4) is 0 Å². The van der Waals surface area contributed by atoms with Crippen molar-refractivity contribution in [3.63, 3.8) is 0 Å². The number of para-hydroxylation sites is 1. The van der Waals surface area contributed by atoms with E-state index in [-0.39, 0.29) is 11.7 Å². The maximum absolute atomic E-state index is 14.0. The monoisotopic (exact) mass is 369 g/mol. The molecule has 0 unspecified atom stereocenters. The molecule has 0 aliphatic carbocycles. The number of benzene rings is 2. The Balaban J connectivity index is 1.89. The number of carbonyl (C=O) groups is 1. The van der Waals surface area contributed by atoms with Gasteiger partial charge in [0.25, 0.3) is 5.91 Å². The second-order valence-electron chi connectivity index (χ2n) is 6.12. The molecule has 3 rings (SSSR count). The quantitative estimate of drug-likeness (QED) is 0.615. The van der Waals surface area contributed by atoms with Gasteiger partial charge in [-0.3, -0.25) is 9.69 Å². The fourth-order valence-electron chi connectivity index (χ4n) is 2.44. The first kappa shape index (κ1) is 18.2. The van der Waals surface area contributed by atoms with Crippen LogP contribution in [0.15, 0.2) is 54.6 Å². The van der Waals surface area contributed by atoms with Gasteiger partial charge in [0, 0.05) is 19.2 Å². The summed E-state index contributed by atoms with van der Waals surface area (Å²) in [4.78, 5) is 20.7. The molecule has 134 valence electrons. The van der Waals surface area contributed by atoms with Gasteiger partial charge in [0.1, 0.15) is 11.3 Å². The van der Waals surface area contributed by atoms with Crippen molar-refractivity contribution in [2.24, 2.45) is 0 Å². The maximum Gasteiger partial charge on any atom is 0.252 e. The highest BCUT2D eigenvalue weighted by molar-refractivity contribution is 7.22. The van der Waals surface area contributed by atoms with Gasteiger partial charge in [-0.05, 0) is 37.9 Å². The lowest BCUT2D eigenvalue weighted by atomic mass is 10.2. The lowest BCUT2D eigenvalue weighted by Gasteiger charge is -2.20. The lowest BCUT2D eigenvalue weighted by Crippen LogP contribution is -2.35. The van der Waals surface area contributed by atoms with E-state index in [0.29, 0.717) is 23.7 Å². The molecule has 6 heteroatoms. The van der Waals surface area contributed by atoms with Gasteiger partial charge in [-0.15, -0.1) is 0 Å². The predicted molar refractivity (Wildman–Crippen MR) is 106 cm³/mol. The molecule has 0 bridgehead atoms. The second kappa shape index (κ2) is 8.21. The summed E-state index contributed by atoms with van der Waals surface area (Å²) in [5.41, 5.74) is 1.26. The van der Waals surface area contributed by atoms with Crippen molar-refractivity contribution in [3.05, 3.63) is 66.0 Å². The average Bonchev–Trinajstić information content (AvgIpc) is 3.06. The molecule has 4 nitrogen and oxygen atoms in total. The van der Waals surface area contributed by atoms with Crippen molar-refractivity contribution in [2.45, 2.75) is 0 Å². The predicted octanol–water partition coefficient (Wildman–Crippen LogP) is 4.04. The second-order valence-corrected chi connectivity index (χ2v) is 7.13. The van der Waals surface area contributed by atoms with E-state index in [1.807, 2.05) is 55.4 Å². The summed E-state index contributed by atoms with van der Waals surface area (Å²) in [6.07, 6.45) is 3.31. The topological polar surface area (TPSA) is 36.4 Å². The molecule has 0 saturated heterocycles. The standard InChI is InChI=1S/C20H20FN3OS/c1-23(2)13-14-24(18(25)12-11-15-7-4-3-5-8-15)20-22-19-16(21)9-6-10-17(19)26-20/h3-12H,13-14H2,1-2H3/b12-11+. The lowest BCUT2D eigenvalue weighted by molar-refractivity contribution is -0.114. The summed E-state index contributed by atoms with van der Waals surface area (Å²) in [5.74, 6) is -0.542. The number of carbonyl (C=O) groups excluding carboxylic acids is 1. The molecule has 0 N–H and O–H groups in total. The van der Waals surface area contributed by atoms with Gasteiger partial charge < -0.3 is 4.90 Å². The molecule has 3 aromatic rings. The van der Waals surface area contributed by atoms with E-state index in [9.17, 15) is 9.18 Å². The van der Waals surface area contributed by atoms with Gasteiger partial charge in [0.2, 0.25) is 0 Å². The molecule has 1 aromatic heterocycles. The normalized spacial score (nSPS) is 11.5. The van der Waals surface area contributed by atoms with E-state index in [4.69, 9.17) is 0 Å². The molecule has 0 aliphatic heterocycles. The highest BCUT2D eigenvalue weighted by Crippen LogP contribution is 2.30. The number of likely N-dealkylation sites (N-methyl/N-ethyl adjacent to an activating group) is 1. The summed E-state index contributed by atoms with van der Waals surface area (Å²) in [5, 5.41) is 0.509. The summed E-state index contributed by atoms with van der Waals surface area (Å²) in [6.45, 7) is 1.16. The minimum atomic E-state index is -0.371. The van der Waals surface area contributed by atoms with E-state index >= 15 is 0 Å². The summed E-state index contributed by atoms with van der Waals surface area (Å²) < 4.78 is 14.7. The third kappa shape index (κ3) is 4.33. The van der Waals surface area contributed by atoms with Crippen LogP contribution in [0.25, 0.3) is 16.3 Å². The van der Waals surface area contributed by atoms with Gasteiger partial charge >= 0.3 is 0 Å². The number of thiazole rings is 1. The van der Waals surface area contributed by atoms with E-state index in [0.717, 1.165) is 10.3 Å². The molecule has 0 fully saturated rings. The fraction of sp³-hybridized carbons (Fsp3) is 0.200. The third-order valence-electron chi connectivity index (χ3n) is 3.84. The Morgan fingerprint density at radius 3 is 2.58 bits per heavy atom. The molecule has 26 heavy (non-hydrogen) atoms. The number of aromatic nitrogens is 1. The number of hydrogen-bond acceptors (Lipinski definition) is 4. The van der Waals surface area contributed by atoms with Crippen molar-refractivity contribution in [2.75, 3.05) is 32.1 Å². The van der Waals surface area contributed by atoms with E-state index < -0.39 is 0 Å². The van der Waals surface area contributed by atoms with Crippen molar-refractivity contribution in [1.82, 2.24) is 9.88 Å². The first-order valence-corrected chi connectivity index (χ1v) is 9.10. The van der Waals surface area contributed by atoms with Crippen LogP contribution in [0.1, 0.15) is 5.56 Å². The first-order chi connectivity index (χ1) is 12.5. The molecule has 0 atom stereocenters. The number of amides is 1. The Hall–Kier alpha value is -2.57. The minimum Gasteiger partial charge on any atom is -0.308 e. The number of fused-ring (bicyclic) bond motifs is 1. The molecule has 0 spiro atoms. The van der Waals surface area contributed by atoms with Gasteiger partial charge in [-0.25, -0.2) is 9.37 Å². The van der Waals surface area contributed by atoms with Crippen molar-refractivity contribution >= 4 is 38.7 Å². The SMILES string of the molecule is CN(C)CCN(C(=O)/C=C/c1ccccc1)c1nc2c(F)cccc2s1. The van der Waals surface area contributed by atoms with Gasteiger partial charge in [-0.2, -0.15) is 0 Å². The van der Waals surface area contributed by atoms with Crippen LogP contribution in [0, 0.1) is 5.82 Å². The Kier molecular flexibility index (Phi) is 5.75. The van der Waals surface area contributed by atoms with Crippen LogP contribution in [0.3, 0.4) is 0 Å². The van der Waals surface area contributed by atoms with E-state index in [1.54, 1.807) is 17.0 Å². The third-order valence-corrected chi connectivity index (χ3v) is 4.89. The van der Waals surface area contributed by atoms with Crippen LogP contribution < -0.4 is 4.90 Å². The van der Waals surface area contributed by atoms with Crippen LogP contribution in [0.4, 0.5) is 9.52 Å². The number of halogens is 1. The Morgan fingerprint density at radius 1 is 1.12 bits per heavy atom. The molecule has 2 aromatic carbocycles. The average molecular weight is 369 g/mol. The molecule has 0 aliphatic rings. The Morgan fingerprint density at radius 2 is 1.88 bits per heavy atom. The van der Waals surface area contributed by atoms with Crippen LogP contribution in [0.5, 0.6) is 0 Å². The smallest absolute Gasteiger partial charge is 0.252 e. The number of nitrogens with zero attached hydrogens (tertiary/aromatic N) is 3. The maximum atomic E-state index is 14.0. The molecule has 1 heterocycles. The van der Waals surface area contributed by atoms with Gasteiger partial charge in [0.05, 0.1) is 4.70 Å². The number of anilines is 1. The van der Waals surface area contributed by atoms with Crippen molar-refractivity contribution in [1.29, 1.82) is 0 Å². The summed E-state index contributed by atoms with van der Waals surface area (Å²) >= 11 is 1.32. The number of rotatable bonds is 6. The molecule has 0 saturated carbocycles. The van der Waals surface area contributed by atoms with Gasteiger partial charge in [0.15, 0.2) is 5.13 Å². The summed E-state index contributed by atoms with van der Waals surface area (Å²) in [6, 6.07) is 14.5.